The van der Waals surface area contributed by atoms with E-state index < -0.39 is 0 Å². The number of rotatable bonds is 8. The molecule has 5 nitrogen and oxygen atoms in total. The van der Waals surface area contributed by atoms with Crippen LogP contribution in [0.3, 0.4) is 0 Å². The lowest BCUT2D eigenvalue weighted by molar-refractivity contribution is 0.183. The highest BCUT2D eigenvalue weighted by Crippen LogP contribution is 2.21. The van der Waals surface area contributed by atoms with E-state index in [-0.39, 0.29) is 0 Å². The van der Waals surface area contributed by atoms with E-state index in [2.05, 4.69) is 40.7 Å². The summed E-state index contributed by atoms with van der Waals surface area (Å²) in [4.78, 5) is 2.50. The second-order valence-electron chi connectivity index (χ2n) is 5.92. The lowest BCUT2D eigenvalue weighted by atomic mass is 9.94. The monoisotopic (exact) mass is 279 g/mol. The lowest BCUT2D eigenvalue weighted by Gasteiger charge is -2.30. The van der Waals surface area contributed by atoms with Crippen molar-refractivity contribution in [2.45, 2.75) is 64.6 Å². The van der Waals surface area contributed by atoms with E-state index in [0.717, 1.165) is 44.3 Å². The molecule has 0 radical (unpaired) electrons. The Bertz CT molecular complexity index is 370. The molecule has 1 aromatic rings. The molecule has 1 fully saturated rings. The van der Waals surface area contributed by atoms with Crippen LogP contribution in [0.5, 0.6) is 0 Å². The molecular weight excluding hydrogens is 250 g/mol. The fraction of sp³-hybridized carbons (Fsp3) is 0.867. The van der Waals surface area contributed by atoms with E-state index in [1.165, 1.54) is 32.1 Å². The van der Waals surface area contributed by atoms with Crippen LogP contribution in [0.1, 0.15) is 51.1 Å². The van der Waals surface area contributed by atoms with Crippen LogP contribution in [0.25, 0.3) is 0 Å². The van der Waals surface area contributed by atoms with E-state index in [1.807, 2.05) is 4.68 Å². The minimum absolute atomic E-state index is 0.776. The Labute approximate surface area is 122 Å². The van der Waals surface area contributed by atoms with Crippen molar-refractivity contribution in [3.05, 3.63) is 11.9 Å². The van der Waals surface area contributed by atoms with Gasteiger partial charge in [0.1, 0.15) is 0 Å². The molecule has 0 saturated heterocycles. The van der Waals surface area contributed by atoms with E-state index in [1.54, 1.807) is 0 Å². The maximum atomic E-state index is 4.21. The molecule has 1 heterocycles. The molecule has 1 aliphatic rings. The first-order valence-electron chi connectivity index (χ1n) is 8.09. The Morgan fingerprint density at radius 2 is 2.15 bits per heavy atom. The van der Waals surface area contributed by atoms with Crippen LogP contribution < -0.4 is 5.32 Å². The number of likely N-dealkylation sites (N-methyl/N-ethyl adjacent to an activating group) is 1. The van der Waals surface area contributed by atoms with E-state index >= 15 is 0 Å². The third-order valence-electron chi connectivity index (χ3n) is 4.20. The molecule has 5 heteroatoms. The highest BCUT2D eigenvalue weighted by molar-refractivity contribution is 4.91. The molecule has 0 amide bonds. The maximum absolute atomic E-state index is 4.21. The van der Waals surface area contributed by atoms with Gasteiger partial charge >= 0.3 is 0 Å². The summed E-state index contributed by atoms with van der Waals surface area (Å²) in [6, 6.07) is 0.776. The number of nitrogens with zero attached hydrogens (tertiary/aromatic N) is 4. The standard InChI is InChI=1S/C15H29N5/c1-3-9-16-12-14-13-20(18-17-14)11-10-19(2)15-7-5-4-6-8-15/h13,15-16H,3-12H2,1-2H3. The average Bonchev–Trinajstić information content (AvgIpc) is 2.94. The van der Waals surface area contributed by atoms with Gasteiger partial charge in [0.05, 0.1) is 12.2 Å². The number of hydrogen-bond donors (Lipinski definition) is 1. The zero-order chi connectivity index (χ0) is 14.2. The first kappa shape index (κ1) is 15.4. The third kappa shape index (κ3) is 4.87. The molecule has 1 aromatic heterocycles. The molecular formula is C15H29N5. The van der Waals surface area contributed by atoms with E-state index in [0.29, 0.717) is 0 Å². The number of nitrogens with one attached hydrogen (secondary N) is 1. The van der Waals surface area contributed by atoms with Gasteiger partial charge in [-0.05, 0) is 32.9 Å². The number of aromatic nitrogens is 3. The molecule has 0 bridgehead atoms. The normalized spacial score (nSPS) is 16.9. The van der Waals surface area contributed by atoms with Crippen LogP contribution in [0.15, 0.2) is 6.20 Å². The summed E-state index contributed by atoms with van der Waals surface area (Å²) in [5.74, 6) is 0. The molecule has 0 unspecified atom stereocenters. The van der Waals surface area contributed by atoms with Crippen LogP contribution in [-0.4, -0.2) is 46.1 Å². The first-order valence-corrected chi connectivity index (χ1v) is 8.09. The molecule has 0 atom stereocenters. The molecule has 0 aliphatic heterocycles. The second-order valence-corrected chi connectivity index (χ2v) is 5.92. The summed E-state index contributed by atoms with van der Waals surface area (Å²) >= 11 is 0. The summed E-state index contributed by atoms with van der Waals surface area (Å²) in [5, 5.41) is 11.8. The van der Waals surface area contributed by atoms with Crippen LogP contribution in [0, 0.1) is 0 Å². The third-order valence-corrected chi connectivity index (χ3v) is 4.20. The molecule has 0 aromatic carbocycles. The molecule has 2 rings (SSSR count). The Balaban J connectivity index is 1.70. The highest BCUT2D eigenvalue weighted by Gasteiger charge is 2.17. The van der Waals surface area contributed by atoms with Crippen molar-refractivity contribution in [3.63, 3.8) is 0 Å². The van der Waals surface area contributed by atoms with Gasteiger partial charge in [0.15, 0.2) is 0 Å². The van der Waals surface area contributed by atoms with E-state index in [4.69, 9.17) is 0 Å². The zero-order valence-corrected chi connectivity index (χ0v) is 13.0. The molecule has 1 aliphatic carbocycles. The minimum atomic E-state index is 0.776. The van der Waals surface area contributed by atoms with Crippen LogP contribution in [0.4, 0.5) is 0 Å². The van der Waals surface area contributed by atoms with Gasteiger partial charge < -0.3 is 10.2 Å². The van der Waals surface area contributed by atoms with Gasteiger partial charge in [0.2, 0.25) is 0 Å². The molecule has 1 N–H and O–H groups in total. The van der Waals surface area contributed by atoms with Gasteiger partial charge in [-0.25, -0.2) is 0 Å². The van der Waals surface area contributed by atoms with Crippen LogP contribution in [-0.2, 0) is 13.1 Å². The Hall–Kier alpha value is -0.940. The van der Waals surface area contributed by atoms with E-state index in [9.17, 15) is 0 Å². The fourth-order valence-electron chi connectivity index (χ4n) is 2.89. The largest absolute Gasteiger partial charge is 0.311 e. The SMILES string of the molecule is CCCNCc1cn(CCN(C)C2CCCCC2)nn1. The first-order chi connectivity index (χ1) is 9.79. The maximum Gasteiger partial charge on any atom is 0.0964 e. The Morgan fingerprint density at radius 1 is 1.35 bits per heavy atom. The fourth-order valence-corrected chi connectivity index (χ4v) is 2.89. The summed E-state index contributed by atoms with van der Waals surface area (Å²) in [7, 11) is 2.25. The molecule has 20 heavy (non-hydrogen) atoms. The van der Waals surface area contributed by atoms with Crippen molar-refractivity contribution in [1.82, 2.24) is 25.2 Å². The van der Waals surface area contributed by atoms with Gasteiger partial charge in [-0.15, -0.1) is 5.10 Å². The van der Waals surface area contributed by atoms with Crippen molar-refractivity contribution in [3.8, 4) is 0 Å². The Kier molecular flexibility index (Phi) is 6.47. The summed E-state index contributed by atoms with van der Waals surface area (Å²) in [5.41, 5.74) is 1.04. The Morgan fingerprint density at radius 3 is 2.90 bits per heavy atom. The summed E-state index contributed by atoms with van der Waals surface area (Å²) in [6.45, 7) is 6.04. The number of hydrogen-bond acceptors (Lipinski definition) is 4. The van der Waals surface area contributed by atoms with Gasteiger partial charge in [-0.1, -0.05) is 31.4 Å². The van der Waals surface area contributed by atoms with Gasteiger partial charge in [0.25, 0.3) is 0 Å². The highest BCUT2D eigenvalue weighted by atomic mass is 15.4. The summed E-state index contributed by atoms with van der Waals surface area (Å²) < 4.78 is 1.97. The lowest BCUT2D eigenvalue weighted by Crippen LogP contribution is -2.35. The van der Waals surface area contributed by atoms with Gasteiger partial charge in [-0.3, -0.25) is 4.68 Å². The van der Waals surface area contributed by atoms with Gasteiger partial charge in [0, 0.05) is 25.3 Å². The van der Waals surface area contributed by atoms with Crippen molar-refractivity contribution in [2.75, 3.05) is 20.1 Å². The topological polar surface area (TPSA) is 46.0 Å². The smallest absolute Gasteiger partial charge is 0.0964 e. The molecule has 114 valence electrons. The van der Waals surface area contributed by atoms with Crippen molar-refractivity contribution in [2.24, 2.45) is 0 Å². The van der Waals surface area contributed by atoms with Crippen molar-refractivity contribution >= 4 is 0 Å². The van der Waals surface area contributed by atoms with Crippen LogP contribution in [0.2, 0.25) is 0 Å². The van der Waals surface area contributed by atoms with Crippen molar-refractivity contribution in [1.29, 1.82) is 0 Å². The zero-order valence-electron chi connectivity index (χ0n) is 13.0. The second kappa shape index (κ2) is 8.37. The van der Waals surface area contributed by atoms with Crippen LogP contribution >= 0.6 is 0 Å². The average molecular weight is 279 g/mol. The quantitative estimate of drug-likeness (QED) is 0.740. The van der Waals surface area contributed by atoms with Gasteiger partial charge in [-0.2, -0.15) is 0 Å². The predicted molar refractivity (Wildman–Crippen MR) is 81.5 cm³/mol. The van der Waals surface area contributed by atoms with Crippen molar-refractivity contribution < 1.29 is 0 Å². The predicted octanol–water partition coefficient (Wildman–Crippen LogP) is 2.04. The molecule has 0 spiro atoms. The summed E-state index contributed by atoms with van der Waals surface area (Å²) in [6.07, 6.45) is 10.1. The minimum Gasteiger partial charge on any atom is -0.311 e. The molecule has 1 saturated carbocycles.